The van der Waals surface area contributed by atoms with Crippen molar-refractivity contribution in [3.63, 3.8) is 0 Å². The van der Waals surface area contributed by atoms with Gasteiger partial charge in [0.05, 0.1) is 15.6 Å². The highest BCUT2D eigenvalue weighted by atomic mass is 35.5. The van der Waals surface area contributed by atoms with Crippen LogP contribution in [0.15, 0.2) is 47.4 Å². The summed E-state index contributed by atoms with van der Waals surface area (Å²) in [5.41, 5.74) is 0.408. The Bertz CT molecular complexity index is 788. The van der Waals surface area contributed by atoms with Gasteiger partial charge in [0.15, 0.2) is 9.84 Å². The Kier molecular flexibility index (Phi) is 4.29. The second-order valence-electron chi connectivity index (χ2n) is 4.37. The Labute approximate surface area is 126 Å². The van der Waals surface area contributed by atoms with Crippen molar-refractivity contribution in [1.29, 1.82) is 0 Å². The molecule has 7 heteroatoms. The maximum atomic E-state index is 12.8. The van der Waals surface area contributed by atoms with Crippen LogP contribution in [0.2, 0.25) is 5.02 Å². The van der Waals surface area contributed by atoms with Gasteiger partial charge in [0, 0.05) is 11.8 Å². The molecule has 0 atom stereocenters. The topological polar surface area (TPSA) is 63.2 Å². The van der Waals surface area contributed by atoms with Crippen LogP contribution in [0.3, 0.4) is 0 Å². The number of anilines is 1. The number of amides is 1. The SMILES string of the molecule is CS(=O)(=O)c1ccc(Cl)c(NC(=O)c2ccc(F)cc2)c1. The van der Waals surface area contributed by atoms with E-state index in [0.717, 1.165) is 18.4 Å². The van der Waals surface area contributed by atoms with Crippen molar-refractivity contribution in [3.8, 4) is 0 Å². The van der Waals surface area contributed by atoms with Crippen LogP contribution in [0, 0.1) is 5.82 Å². The Morgan fingerprint density at radius 1 is 1.14 bits per heavy atom. The van der Waals surface area contributed by atoms with Crippen molar-refractivity contribution in [1.82, 2.24) is 0 Å². The molecule has 0 aliphatic carbocycles. The van der Waals surface area contributed by atoms with Crippen molar-refractivity contribution in [2.24, 2.45) is 0 Å². The number of hydrogen-bond acceptors (Lipinski definition) is 3. The number of nitrogens with one attached hydrogen (secondary N) is 1. The third-order valence-electron chi connectivity index (χ3n) is 2.72. The molecule has 2 aromatic rings. The van der Waals surface area contributed by atoms with Gasteiger partial charge in [-0.15, -0.1) is 0 Å². The molecule has 0 aliphatic heterocycles. The van der Waals surface area contributed by atoms with Crippen LogP contribution in [0.25, 0.3) is 0 Å². The third-order valence-corrected chi connectivity index (χ3v) is 4.16. The van der Waals surface area contributed by atoms with E-state index in [1.54, 1.807) is 0 Å². The summed E-state index contributed by atoms with van der Waals surface area (Å²) in [6, 6.07) is 8.97. The molecule has 4 nitrogen and oxygen atoms in total. The highest BCUT2D eigenvalue weighted by molar-refractivity contribution is 7.90. The molecule has 0 bridgehead atoms. The van der Waals surface area contributed by atoms with E-state index in [9.17, 15) is 17.6 Å². The van der Waals surface area contributed by atoms with Crippen LogP contribution in [0.5, 0.6) is 0 Å². The third kappa shape index (κ3) is 3.80. The Hall–Kier alpha value is -1.92. The first kappa shape index (κ1) is 15.5. The average molecular weight is 328 g/mol. The number of carbonyl (C=O) groups is 1. The molecule has 0 spiro atoms. The van der Waals surface area contributed by atoms with Gasteiger partial charge in [0.2, 0.25) is 0 Å². The lowest BCUT2D eigenvalue weighted by Crippen LogP contribution is -2.12. The lowest BCUT2D eigenvalue weighted by molar-refractivity contribution is 0.102. The Morgan fingerprint density at radius 3 is 2.33 bits per heavy atom. The molecule has 0 saturated carbocycles. The minimum absolute atomic E-state index is 0.0429. The van der Waals surface area contributed by atoms with Crippen LogP contribution in [-0.2, 0) is 9.84 Å². The van der Waals surface area contributed by atoms with E-state index in [0.29, 0.717) is 0 Å². The number of carbonyl (C=O) groups excluding carboxylic acids is 1. The quantitative estimate of drug-likeness (QED) is 0.942. The first-order valence-corrected chi connectivity index (χ1v) is 8.11. The number of sulfone groups is 1. The number of rotatable bonds is 3. The summed E-state index contributed by atoms with van der Waals surface area (Å²) < 4.78 is 35.8. The molecule has 1 amide bonds. The zero-order chi connectivity index (χ0) is 15.6. The lowest BCUT2D eigenvalue weighted by atomic mass is 10.2. The van der Waals surface area contributed by atoms with Crippen LogP contribution in [-0.4, -0.2) is 20.6 Å². The fraction of sp³-hybridized carbons (Fsp3) is 0.0714. The van der Waals surface area contributed by atoms with Crippen molar-refractivity contribution >= 4 is 33.0 Å². The summed E-state index contributed by atoms with van der Waals surface area (Å²) in [5.74, 6) is -0.966. The summed E-state index contributed by atoms with van der Waals surface area (Å²) in [7, 11) is -3.41. The number of hydrogen-bond donors (Lipinski definition) is 1. The fourth-order valence-corrected chi connectivity index (χ4v) is 2.44. The van der Waals surface area contributed by atoms with Gasteiger partial charge in [0.1, 0.15) is 5.82 Å². The zero-order valence-corrected chi connectivity index (χ0v) is 12.5. The van der Waals surface area contributed by atoms with Gasteiger partial charge in [-0.2, -0.15) is 0 Å². The van der Waals surface area contributed by atoms with E-state index in [-0.39, 0.29) is 21.2 Å². The van der Waals surface area contributed by atoms with Gasteiger partial charge in [-0.05, 0) is 42.5 Å². The minimum atomic E-state index is -3.41. The molecule has 110 valence electrons. The fourth-order valence-electron chi connectivity index (χ4n) is 1.63. The van der Waals surface area contributed by atoms with Gasteiger partial charge in [-0.25, -0.2) is 12.8 Å². The van der Waals surface area contributed by atoms with E-state index in [1.807, 2.05) is 0 Å². The van der Waals surface area contributed by atoms with Gasteiger partial charge >= 0.3 is 0 Å². The van der Waals surface area contributed by atoms with Crippen molar-refractivity contribution in [2.45, 2.75) is 4.90 Å². The second kappa shape index (κ2) is 5.83. The van der Waals surface area contributed by atoms with E-state index in [2.05, 4.69) is 5.32 Å². The van der Waals surface area contributed by atoms with Crippen molar-refractivity contribution in [3.05, 3.63) is 58.9 Å². The zero-order valence-electron chi connectivity index (χ0n) is 10.9. The first-order valence-electron chi connectivity index (χ1n) is 5.84. The maximum Gasteiger partial charge on any atom is 0.255 e. The molecule has 0 radical (unpaired) electrons. The minimum Gasteiger partial charge on any atom is -0.321 e. The summed E-state index contributed by atoms with van der Waals surface area (Å²) in [5, 5.41) is 2.71. The monoisotopic (exact) mass is 327 g/mol. The van der Waals surface area contributed by atoms with Crippen LogP contribution in [0.4, 0.5) is 10.1 Å². The largest absolute Gasteiger partial charge is 0.321 e. The number of halogens is 2. The van der Waals surface area contributed by atoms with Crippen LogP contribution >= 0.6 is 11.6 Å². The predicted molar refractivity (Wildman–Crippen MR) is 78.9 cm³/mol. The van der Waals surface area contributed by atoms with Crippen molar-refractivity contribution in [2.75, 3.05) is 11.6 Å². The molecule has 21 heavy (non-hydrogen) atoms. The van der Waals surface area contributed by atoms with Gasteiger partial charge in [0.25, 0.3) is 5.91 Å². The first-order chi connectivity index (χ1) is 9.77. The van der Waals surface area contributed by atoms with Gasteiger partial charge in [-0.1, -0.05) is 11.6 Å². The summed E-state index contributed by atoms with van der Waals surface area (Å²) >= 11 is 5.93. The predicted octanol–water partition coefficient (Wildman–Crippen LogP) is 3.13. The molecule has 0 heterocycles. The molecule has 1 N–H and O–H groups in total. The van der Waals surface area contributed by atoms with E-state index in [1.165, 1.54) is 30.3 Å². The molecular weight excluding hydrogens is 317 g/mol. The standard InChI is InChI=1S/C14H11ClFNO3S/c1-21(19,20)11-6-7-12(15)13(8-11)17-14(18)9-2-4-10(16)5-3-9/h2-8H,1H3,(H,17,18). The van der Waals surface area contributed by atoms with Gasteiger partial charge in [-0.3, -0.25) is 4.79 Å². The summed E-state index contributed by atoms with van der Waals surface area (Å²) in [6.07, 6.45) is 1.06. The normalized spacial score (nSPS) is 11.2. The maximum absolute atomic E-state index is 12.8. The summed E-state index contributed by atoms with van der Waals surface area (Å²) in [4.78, 5) is 12.0. The second-order valence-corrected chi connectivity index (χ2v) is 6.80. The Balaban J connectivity index is 2.31. The molecule has 0 unspecified atom stereocenters. The molecule has 2 aromatic carbocycles. The Morgan fingerprint density at radius 2 is 1.76 bits per heavy atom. The number of benzene rings is 2. The van der Waals surface area contributed by atoms with Crippen LogP contribution < -0.4 is 5.32 Å². The molecule has 2 rings (SSSR count). The molecule has 0 aliphatic rings. The lowest BCUT2D eigenvalue weighted by Gasteiger charge is -2.09. The molecule has 0 fully saturated rings. The van der Waals surface area contributed by atoms with Crippen molar-refractivity contribution < 1.29 is 17.6 Å². The highest BCUT2D eigenvalue weighted by Crippen LogP contribution is 2.25. The molecular formula is C14H11ClFNO3S. The van der Waals surface area contributed by atoms with Crippen LogP contribution in [0.1, 0.15) is 10.4 Å². The average Bonchev–Trinajstić information content (AvgIpc) is 2.40. The smallest absolute Gasteiger partial charge is 0.255 e. The van der Waals surface area contributed by atoms with Gasteiger partial charge < -0.3 is 5.32 Å². The molecule has 0 saturated heterocycles. The van der Waals surface area contributed by atoms with E-state index < -0.39 is 21.6 Å². The highest BCUT2D eigenvalue weighted by Gasteiger charge is 2.13. The summed E-state index contributed by atoms with van der Waals surface area (Å²) in [6.45, 7) is 0. The molecule has 0 aromatic heterocycles. The van der Waals surface area contributed by atoms with E-state index >= 15 is 0 Å². The van der Waals surface area contributed by atoms with E-state index in [4.69, 9.17) is 11.6 Å².